The highest BCUT2D eigenvalue weighted by molar-refractivity contribution is 5.85. The van der Waals surface area contributed by atoms with Crippen molar-refractivity contribution in [1.29, 1.82) is 0 Å². The van der Waals surface area contributed by atoms with Crippen molar-refractivity contribution in [3.63, 3.8) is 0 Å². The molecule has 0 bridgehead atoms. The van der Waals surface area contributed by atoms with Crippen molar-refractivity contribution in [2.45, 2.75) is 71.4 Å². The fraction of sp³-hybridized carbons (Fsp3) is 0.452. The number of amides is 2. The van der Waals surface area contributed by atoms with E-state index in [1.54, 1.807) is 46.2 Å². The topological polar surface area (TPSA) is 70.8 Å². The molecule has 4 rings (SSSR count). The molecular weight excluding hydrogens is 483 g/mol. The van der Waals surface area contributed by atoms with Crippen molar-refractivity contribution in [3.8, 4) is 0 Å². The summed E-state index contributed by atoms with van der Waals surface area (Å²) in [7, 11) is 0. The van der Waals surface area contributed by atoms with Crippen LogP contribution < -0.4 is 5.43 Å². The van der Waals surface area contributed by atoms with Gasteiger partial charge in [-0.3, -0.25) is 14.4 Å². The van der Waals surface area contributed by atoms with E-state index < -0.39 is 0 Å². The summed E-state index contributed by atoms with van der Waals surface area (Å²) in [5.41, 5.74) is 1.37. The first-order valence-corrected chi connectivity index (χ1v) is 13.7. The molecule has 0 N–H and O–H groups in total. The Bertz CT molecular complexity index is 1280. The zero-order valence-electron chi connectivity index (χ0n) is 22.2. The SMILES string of the molecule is CCCCN(CC(=O)N(Cc1ccc(F)cc1)Cc1coc2ccccc2c1=O)C(=O)CCC1CCCC1. The standard InChI is InChI=1S/C31H37FN2O4/c1-2-3-18-33(29(35)17-14-23-8-4-5-9-23)21-30(36)34(19-24-12-15-26(32)16-13-24)20-25-22-38-28-11-7-6-10-27(28)31(25)37/h6-7,10-13,15-16,22-23H,2-5,8-9,14,17-21H2,1H3. The van der Waals surface area contributed by atoms with Gasteiger partial charge in [0.2, 0.25) is 11.8 Å². The van der Waals surface area contributed by atoms with Crippen LogP contribution in [0, 0.1) is 11.7 Å². The minimum absolute atomic E-state index is 0.00523. The Morgan fingerprint density at radius 2 is 1.71 bits per heavy atom. The van der Waals surface area contributed by atoms with E-state index in [-0.39, 0.29) is 42.7 Å². The summed E-state index contributed by atoms with van der Waals surface area (Å²) in [6.45, 7) is 2.74. The molecule has 1 heterocycles. The molecule has 38 heavy (non-hydrogen) atoms. The zero-order chi connectivity index (χ0) is 26.9. The zero-order valence-corrected chi connectivity index (χ0v) is 22.2. The van der Waals surface area contributed by atoms with Crippen molar-refractivity contribution in [3.05, 3.63) is 82.0 Å². The number of benzene rings is 2. The maximum absolute atomic E-state index is 13.7. The number of hydrogen-bond donors (Lipinski definition) is 0. The fourth-order valence-corrected chi connectivity index (χ4v) is 5.16. The third-order valence-electron chi connectivity index (χ3n) is 7.45. The average molecular weight is 521 g/mol. The van der Waals surface area contributed by atoms with E-state index in [2.05, 4.69) is 6.92 Å². The molecule has 1 aliphatic carbocycles. The van der Waals surface area contributed by atoms with Crippen molar-refractivity contribution in [2.75, 3.05) is 13.1 Å². The molecule has 1 saturated carbocycles. The normalized spacial score (nSPS) is 13.6. The predicted octanol–water partition coefficient (Wildman–Crippen LogP) is 6.06. The number of rotatable bonds is 12. The van der Waals surface area contributed by atoms with Crippen LogP contribution in [0.4, 0.5) is 4.39 Å². The Labute approximate surface area is 223 Å². The fourth-order valence-electron chi connectivity index (χ4n) is 5.16. The summed E-state index contributed by atoms with van der Waals surface area (Å²) in [6, 6.07) is 12.9. The first kappa shape index (κ1) is 27.6. The summed E-state index contributed by atoms with van der Waals surface area (Å²) < 4.78 is 19.2. The summed E-state index contributed by atoms with van der Waals surface area (Å²) in [4.78, 5) is 43.2. The smallest absolute Gasteiger partial charge is 0.242 e. The van der Waals surface area contributed by atoms with Crippen LogP contribution >= 0.6 is 0 Å². The third kappa shape index (κ3) is 7.30. The van der Waals surface area contributed by atoms with Crippen molar-refractivity contribution in [2.24, 2.45) is 5.92 Å². The van der Waals surface area contributed by atoms with Crippen LogP contribution in [0.1, 0.15) is 69.4 Å². The largest absolute Gasteiger partial charge is 0.464 e. The second-order valence-corrected chi connectivity index (χ2v) is 10.3. The van der Waals surface area contributed by atoms with Gasteiger partial charge in [-0.1, -0.05) is 63.3 Å². The van der Waals surface area contributed by atoms with Gasteiger partial charge < -0.3 is 14.2 Å². The van der Waals surface area contributed by atoms with Gasteiger partial charge in [-0.25, -0.2) is 4.39 Å². The van der Waals surface area contributed by atoms with Crippen molar-refractivity contribution >= 4 is 22.8 Å². The molecule has 0 spiro atoms. The Kier molecular flexibility index (Phi) is 9.68. The van der Waals surface area contributed by atoms with Crippen LogP contribution in [0.5, 0.6) is 0 Å². The van der Waals surface area contributed by atoms with E-state index in [4.69, 9.17) is 4.42 Å². The lowest BCUT2D eigenvalue weighted by atomic mass is 10.0. The number of halogens is 1. The highest BCUT2D eigenvalue weighted by atomic mass is 19.1. The third-order valence-corrected chi connectivity index (χ3v) is 7.45. The van der Waals surface area contributed by atoms with Gasteiger partial charge in [0.15, 0.2) is 5.43 Å². The Hall–Kier alpha value is -3.48. The van der Waals surface area contributed by atoms with E-state index >= 15 is 0 Å². The van der Waals surface area contributed by atoms with Crippen LogP contribution in [-0.2, 0) is 22.7 Å². The molecule has 3 aromatic rings. The molecule has 0 aliphatic heterocycles. The Morgan fingerprint density at radius 3 is 2.45 bits per heavy atom. The number of carbonyl (C=O) groups is 2. The Balaban J connectivity index is 1.53. The molecule has 0 saturated heterocycles. The molecule has 0 unspecified atom stereocenters. The number of unbranched alkanes of at least 4 members (excludes halogenated alkanes) is 1. The van der Waals surface area contributed by atoms with Gasteiger partial charge in [0.25, 0.3) is 0 Å². The average Bonchev–Trinajstić information content (AvgIpc) is 3.45. The van der Waals surface area contributed by atoms with Gasteiger partial charge in [-0.15, -0.1) is 0 Å². The maximum atomic E-state index is 13.7. The Morgan fingerprint density at radius 1 is 0.974 bits per heavy atom. The van der Waals surface area contributed by atoms with Gasteiger partial charge in [0.05, 0.1) is 30.3 Å². The van der Waals surface area contributed by atoms with Crippen LogP contribution in [0.15, 0.2) is 64.0 Å². The molecule has 0 atom stereocenters. The summed E-state index contributed by atoms with van der Waals surface area (Å²) >= 11 is 0. The molecule has 202 valence electrons. The lowest BCUT2D eigenvalue weighted by Gasteiger charge is -2.28. The van der Waals surface area contributed by atoms with Gasteiger partial charge in [-0.05, 0) is 48.6 Å². The number of nitrogens with zero attached hydrogens (tertiary/aromatic N) is 2. The first-order valence-electron chi connectivity index (χ1n) is 13.7. The maximum Gasteiger partial charge on any atom is 0.242 e. The quantitative estimate of drug-likeness (QED) is 0.291. The second-order valence-electron chi connectivity index (χ2n) is 10.3. The van der Waals surface area contributed by atoms with Gasteiger partial charge in [-0.2, -0.15) is 0 Å². The van der Waals surface area contributed by atoms with E-state index in [1.807, 2.05) is 0 Å². The van der Waals surface area contributed by atoms with Crippen molar-refractivity contribution in [1.82, 2.24) is 9.80 Å². The first-order chi connectivity index (χ1) is 18.4. The summed E-state index contributed by atoms with van der Waals surface area (Å²) in [6.07, 6.45) is 9.28. The predicted molar refractivity (Wildman–Crippen MR) is 146 cm³/mol. The minimum atomic E-state index is -0.361. The summed E-state index contributed by atoms with van der Waals surface area (Å²) in [5, 5.41) is 0.450. The summed E-state index contributed by atoms with van der Waals surface area (Å²) in [5.74, 6) is -0.0111. The van der Waals surface area contributed by atoms with Gasteiger partial charge >= 0.3 is 0 Å². The number of carbonyl (C=O) groups excluding carboxylic acids is 2. The molecule has 6 nitrogen and oxygen atoms in total. The molecule has 0 radical (unpaired) electrons. The van der Waals surface area contributed by atoms with Crippen LogP contribution in [0.25, 0.3) is 11.0 Å². The molecule has 1 aromatic heterocycles. The second kappa shape index (κ2) is 13.4. The molecule has 1 fully saturated rings. The molecular formula is C31H37FN2O4. The van der Waals surface area contributed by atoms with E-state index in [9.17, 15) is 18.8 Å². The highest BCUT2D eigenvalue weighted by Crippen LogP contribution is 2.28. The molecule has 2 aromatic carbocycles. The van der Waals surface area contributed by atoms with E-state index in [1.165, 1.54) is 44.1 Å². The lowest BCUT2D eigenvalue weighted by Crippen LogP contribution is -2.43. The number of para-hydroxylation sites is 1. The monoisotopic (exact) mass is 520 g/mol. The molecule has 2 amide bonds. The lowest BCUT2D eigenvalue weighted by molar-refractivity contribution is -0.141. The number of fused-ring (bicyclic) bond motifs is 1. The van der Waals surface area contributed by atoms with Gasteiger partial charge in [0, 0.05) is 19.5 Å². The molecule has 1 aliphatic rings. The van der Waals surface area contributed by atoms with E-state index in [0.717, 1.165) is 24.8 Å². The molecule has 7 heteroatoms. The van der Waals surface area contributed by atoms with Crippen LogP contribution in [0.3, 0.4) is 0 Å². The minimum Gasteiger partial charge on any atom is -0.464 e. The van der Waals surface area contributed by atoms with Gasteiger partial charge in [0.1, 0.15) is 11.4 Å². The number of hydrogen-bond acceptors (Lipinski definition) is 4. The van der Waals surface area contributed by atoms with E-state index in [0.29, 0.717) is 35.4 Å². The van der Waals surface area contributed by atoms with Crippen molar-refractivity contribution < 1.29 is 18.4 Å². The highest BCUT2D eigenvalue weighted by Gasteiger charge is 2.24. The van der Waals surface area contributed by atoms with Crippen LogP contribution in [0.2, 0.25) is 0 Å². The van der Waals surface area contributed by atoms with Crippen LogP contribution in [-0.4, -0.2) is 34.7 Å².